The molecule has 6 nitrogen and oxygen atoms in total. The van der Waals surface area contributed by atoms with Gasteiger partial charge >= 0.3 is 0 Å². The van der Waals surface area contributed by atoms with Crippen molar-refractivity contribution in [2.75, 3.05) is 18.5 Å². The smallest absolute Gasteiger partial charge is 0.244 e. The Morgan fingerprint density at radius 1 is 1.45 bits per heavy atom. The van der Waals surface area contributed by atoms with Crippen molar-refractivity contribution in [3.8, 4) is 0 Å². The Morgan fingerprint density at radius 3 is 2.95 bits per heavy atom. The number of benzene rings is 1. The lowest BCUT2D eigenvalue weighted by Crippen LogP contribution is -2.54. The number of nitrogens with two attached hydrogens (primary N) is 1. The number of rotatable bonds is 2. The third kappa shape index (κ3) is 2.28. The fourth-order valence-electron chi connectivity index (χ4n) is 2.43. The fourth-order valence-corrected chi connectivity index (χ4v) is 2.43. The molecule has 3 N–H and O–H groups in total. The van der Waals surface area contributed by atoms with Crippen LogP contribution in [0.15, 0.2) is 24.5 Å². The summed E-state index contributed by atoms with van der Waals surface area (Å²) in [6.07, 6.45) is 2.84. The molecule has 0 bridgehead atoms. The minimum atomic E-state index is -0.836. The van der Waals surface area contributed by atoms with Gasteiger partial charge in [-0.2, -0.15) is 0 Å². The predicted molar refractivity (Wildman–Crippen MR) is 76.3 cm³/mol. The number of amides is 1. The number of nitrogens with zero attached hydrogens (tertiary/aromatic N) is 2. The van der Waals surface area contributed by atoms with Crippen LogP contribution in [0.4, 0.5) is 5.69 Å². The molecule has 1 aromatic carbocycles. The van der Waals surface area contributed by atoms with Crippen LogP contribution in [0, 0.1) is 0 Å². The van der Waals surface area contributed by atoms with Crippen molar-refractivity contribution in [1.82, 2.24) is 9.55 Å². The number of hydrogen-bond donors (Lipinski definition) is 2. The SMILES string of the molecule is Cn1cnc2cc(NC(=O)C3(N)CCOCC3)ccc21. The molecule has 1 saturated heterocycles. The Kier molecular flexibility index (Phi) is 3.19. The molecular formula is C14H18N4O2. The third-order valence-corrected chi connectivity index (χ3v) is 3.82. The fraction of sp³-hybridized carbons (Fsp3) is 0.429. The molecule has 1 aliphatic rings. The summed E-state index contributed by atoms with van der Waals surface area (Å²) >= 11 is 0. The van der Waals surface area contributed by atoms with Crippen LogP contribution in [-0.2, 0) is 16.6 Å². The number of carbonyl (C=O) groups excluding carboxylic acids is 1. The Hall–Kier alpha value is -1.92. The number of nitrogens with one attached hydrogen (secondary N) is 1. The number of aryl methyl sites for hydroxylation is 1. The second-order valence-corrected chi connectivity index (χ2v) is 5.28. The maximum absolute atomic E-state index is 12.3. The topological polar surface area (TPSA) is 82.2 Å². The zero-order valence-electron chi connectivity index (χ0n) is 11.4. The lowest BCUT2D eigenvalue weighted by molar-refractivity contribution is -0.124. The normalized spacial score (nSPS) is 18.1. The summed E-state index contributed by atoms with van der Waals surface area (Å²) in [5.74, 6) is -0.156. The Balaban J connectivity index is 1.80. The van der Waals surface area contributed by atoms with Crippen molar-refractivity contribution in [1.29, 1.82) is 0 Å². The molecule has 2 heterocycles. The molecule has 0 radical (unpaired) electrons. The largest absolute Gasteiger partial charge is 0.381 e. The Bertz CT molecular complexity index is 644. The van der Waals surface area contributed by atoms with Crippen molar-refractivity contribution in [3.05, 3.63) is 24.5 Å². The van der Waals surface area contributed by atoms with Gasteiger partial charge in [0.05, 0.1) is 17.4 Å². The van der Waals surface area contributed by atoms with Gasteiger partial charge in [0.2, 0.25) is 5.91 Å². The zero-order chi connectivity index (χ0) is 14.2. The molecule has 0 spiro atoms. The molecule has 20 heavy (non-hydrogen) atoms. The number of imidazole rings is 1. The van der Waals surface area contributed by atoms with Gasteiger partial charge in [-0.15, -0.1) is 0 Å². The third-order valence-electron chi connectivity index (χ3n) is 3.82. The summed E-state index contributed by atoms with van der Waals surface area (Å²) in [4.78, 5) is 16.6. The van der Waals surface area contributed by atoms with Crippen LogP contribution in [0.3, 0.4) is 0 Å². The Labute approximate surface area is 116 Å². The summed E-state index contributed by atoms with van der Waals surface area (Å²) in [6, 6.07) is 5.66. The molecule has 1 fully saturated rings. The molecule has 1 amide bonds. The highest BCUT2D eigenvalue weighted by molar-refractivity contribution is 5.99. The van der Waals surface area contributed by atoms with E-state index >= 15 is 0 Å². The number of ether oxygens (including phenoxy) is 1. The summed E-state index contributed by atoms with van der Waals surface area (Å²) < 4.78 is 7.19. The number of carbonyl (C=O) groups is 1. The highest BCUT2D eigenvalue weighted by atomic mass is 16.5. The molecule has 6 heteroatoms. The average molecular weight is 274 g/mol. The highest BCUT2D eigenvalue weighted by Crippen LogP contribution is 2.22. The molecule has 3 rings (SSSR count). The molecule has 0 aliphatic carbocycles. The van der Waals surface area contributed by atoms with Crippen LogP contribution < -0.4 is 11.1 Å². The van der Waals surface area contributed by atoms with Crippen LogP contribution in [0.25, 0.3) is 11.0 Å². The van der Waals surface area contributed by atoms with Crippen molar-refractivity contribution in [3.63, 3.8) is 0 Å². The molecule has 0 atom stereocenters. The maximum Gasteiger partial charge on any atom is 0.244 e. The van der Waals surface area contributed by atoms with E-state index in [9.17, 15) is 4.79 Å². The first-order chi connectivity index (χ1) is 9.58. The van der Waals surface area contributed by atoms with Gasteiger partial charge in [0.15, 0.2) is 0 Å². The van der Waals surface area contributed by atoms with Gasteiger partial charge in [0.1, 0.15) is 5.54 Å². The van der Waals surface area contributed by atoms with Crippen LogP contribution in [0.2, 0.25) is 0 Å². The standard InChI is InChI=1S/C14H18N4O2/c1-18-9-16-11-8-10(2-3-12(11)18)17-13(19)14(15)4-6-20-7-5-14/h2-3,8-9H,4-7,15H2,1H3,(H,17,19). The van der Waals surface area contributed by atoms with Crippen LogP contribution in [0.1, 0.15) is 12.8 Å². The first-order valence-corrected chi connectivity index (χ1v) is 6.68. The van der Waals surface area contributed by atoms with E-state index in [1.165, 1.54) is 0 Å². The van der Waals surface area contributed by atoms with E-state index in [1.54, 1.807) is 6.33 Å². The molecular weight excluding hydrogens is 256 g/mol. The molecule has 2 aromatic rings. The quantitative estimate of drug-likeness (QED) is 0.856. The monoisotopic (exact) mass is 274 g/mol. The summed E-state index contributed by atoms with van der Waals surface area (Å²) in [5, 5.41) is 2.88. The van der Waals surface area contributed by atoms with Crippen LogP contribution >= 0.6 is 0 Å². The minimum Gasteiger partial charge on any atom is -0.381 e. The second kappa shape index (κ2) is 4.88. The van der Waals surface area contributed by atoms with Gasteiger partial charge in [-0.3, -0.25) is 4.79 Å². The highest BCUT2D eigenvalue weighted by Gasteiger charge is 2.35. The predicted octanol–water partition coefficient (Wildman–Crippen LogP) is 1.02. The molecule has 0 unspecified atom stereocenters. The van der Waals surface area contributed by atoms with E-state index in [0.717, 1.165) is 16.7 Å². The molecule has 0 saturated carbocycles. The summed E-state index contributed by atoms with van der Waals surface area (Å²) in [6.45, 7) is 1.06. The lowest BCUT2D eigenvalue weighted by Gasteiger charge is -2.31. The average Bonchev–Trinajstić information content (AvgIpc) is 2.81. The number of hydrogen-bond acceptors (Lipinski definition) is 4. The van der Waals surface area contributed by atoms with Gasteiger partial charge in [0, 0.05) is 25.9 Å². The molecule has 1 aliphatic heterocycles. The molecule has 1 aromatic heterocycles. The van der Waals surface area contributed by atoms with E-state index in [4.69, 9.17) is 10.5 Å². The van der Waals surface area contributed by atoms with Gasteiger partial charge in [0.25, 0.3) is 0 Å². The lowest BCUT2D eigenvalue weighted by atomic mass is 9.90. The van der Waals surface area contributed by atoms with Gasteiger partial charge < -0.3 is 20.4 Å². The summed E-state index contributed by atoms with van der Waals surface area (Å²) in [5.41, 5.74) is 7.91. The van der Waals surface area contributed by atoms with Gasteiger partial charge in [-0.25, -0.2) is 4.98 Å². The van der Waals surface area contributed by atoms with E-state index < -0.39 is 5.54 Å². The minimum absolute atomic E-state index is 0.156. The van der Waals surface area contributed by atoms with Gasteiger partial charge in [-0.1, -0.05) is 0 Å². The van der Waals surface area contributed by atoms with E-state index in [2.05, 4.69) is 10.3 Å². The maximum atomic E-state index is 12.3. The summed E-state index contributed by atoms with van der Waals surface area (Å²) in [7, 11) is 1.94. The molecule has 106 valence electrons. The van der Waals surface area contributed by atoms with Crippen molar-refractivity contribution < 1.29 is 9.53 Å². The van der Waals surface area contributed by atoms with E-state index in [1.807, 2.05) is 29.8 Å². The van der Waals surface area contributed by atoms with Crippen molar-refractivity contribution in [2.45, 2.75) is 18.4 Å². The first-order valence-electron chi connectivity index (χ1n) is 6.68. The first kappa shape index (κ1) is 13.1. The van der Waals surface area contributed by atoms with Crippen LogP contribution in [0.5, 0.6) is 0 Å². The van der Waals surface area contributed by atoms with Crippen LogP contribution in [-0.4, -0.2) is 34.2 Å². The number of aromatic nitrogens is 2. The zero-order valence-corrected chi connectivity index (χ0v) is 11.4. The van der Waals surface area contributed by atoms with Crippen molar-refractivity contribution >= 4 is 22.6 Å². The second-order valence-electron chi connectivity index (χ2n) is 5.28. The van der Waals surface area contributed by atoms with Gasteiger partial charge in [-0.05, 0) is 31.0 Å². The Morgan fingerprint density at radius 2 is 2.20 bits per heavy atom. The van der Waals surface area contributed by atoms with Crippen molar-refractivity contribution in [2.24, 2.45) is 12.8 Å². The number of fused-ring (bicyclic) bond motifs is 1. The van der Waals surface area contributed by atoms with E-state index in [-0.39, 0.29) is 5.91 Å². The number of anilines is 1. The van der Waals surface area contributed by atoms with E-state index in [0.29, 0.717) is 26.1 Å².